The molecule has 8 nitrogen and oxygen atoms in total. The second kappa shape index (κ2) is 6.27. The van der Waals surface area contributed by atoms with E-state index in [0.717, 1.165) is 0 Å². The highest BCUT2D eigenvalue weighted by atomic mass is 16.6. The van der Waals surface area contributed by atoms with Gasteiger partial charge in [-0.05, 0) is 20.8 Å². The van der Waals surface area contributed by atoms with Crippen molar-refractivity contribution in [1.29, 1.82) is 0 Å². The summed E-state index contributed by atoms with van der Waals surface area (Å²) >= 11 is 0. The van der Waals surface area contributed by atoms with Crippen LogP contribution < -0.4 is 11.1 Å². The molecular formula is C12H20N4O4. The predicted molar refractivity (Wildman–Crippen MR) is 71.8 cm³/mol. The Morgan fingerprint density at radius 2 is 2.15 bits per heavy atom. The molecule has 0 saturated heterocycles. The lowest BCUT2D eigenvalue weighted by Crippen LogP contribution is -2.46. The first-order valence-corrected chi connectivity index (χ1v) is 6.06. The standard InChI is InChI=1S/C12H20N4O4/c1-12(2,3)20-11(18)15-9(10(17)19-4)7-16-6-8(13)5-14-16/h5-6,9H,7,13H2,1-4H3,(H,15,18)/t9-/m0/s1. The van der Waals surface area contributed by atoms with E-state index in [9.17, 15) is 9.59 Å². The van der Waals surface area contributed by atoms with Crippen LogP contribution in [0.15, 0.2) is 12.4 Å². The molecule has 1 heterocycles. The van der Waals surface area contributed by atoms with Crippen molar-refractivity contribution in [3.05, 3.63) is 12.4 Å². The van der Waals surface area contributed by atoms with Crippen LogP contribution in [0.5, 0.6) is 0 Å². The van der Waals surface area contributed by atoms with Crippen LogP contribution in [0.3, 0.4) is 0 Å². The first-order valence-electron chi connectivity index (χ1n) is 6.06. The van der Waals surface area contributed by atoms with Crippen molar-refractivity contribution in [3.63, 3.8) is 0 Å². The number of hydrogen-bond acceptors (Lipinski definition) is 6. The summed E-state index contributed by atoms with van der Waals surface area (Å²) in [7, 11) is 1.24. The maximum absolute atomic E-state index is 11.7. The van der Waals surface area contributed by atoms with Crippen molar-refractivity contribution in [1.82, 2.24) is 15.1 Å². The normalized spacial score (nSPS) is 12.6. The molecule has 0 aliphatic heterocycles. The van der Waals surface area contributed by atoms with E-state index in [1.807, 2.05) is 0 Å². The number of carbonyl (C=O) groups is 2. The number of nitrogens with one attached hydrogen (secondary N) is 1. The van der Waals surface area contributed by atoms with Crippen molar-refractivity contribution in [3.8, 4) is 0 Å². The van der Waals surface area contributed by atoms with Gasteiger partial charge in [0.15, 0.2) is 0 Å². The molecule has 8 heteroatoms. The number of alkyl carbamates (subject to hydrolysis) is 1. The third-order valence-corrected chi connectivity index (χ3v) is 2.20. The van der Waals surface area contributed by atoms with Gasteiger partial charge in [-0.1, -0.05) is 0 Å². The highest BCUT2D eigenvalue weighted by molar-refractivity contribution is 5.81. The average Bonchev–Trinajstić information content (AvgIpc) is 2.70. The lowest BCUT2D eigenvalue weighted by atomic mass is 10.2. The zero-order chi connectivity index (χ0) is 15.3. The Bertz CT molecular complexity index is 478. The molecular weight excluding hydrogens is 264 g/mol. The van der Waals surface area contributed by atoms with Gasteiger partial charge in [0, 0.05) is 6.20 Å². The summed E-state index contributed by atoms with van der Waals surface area (Å²) in [6.07, 6.45) is 2.29. The van der Waals surface area contributed by atoms with Gasteiger partial charge in [-0.2, -0.15) is 5.10 Å². The zero-order valence-corrected chi connectivity index (χ0v) is 12.0. The molecule has 1 aromatic rings. The number of ether oxygens (including phenoxy) is 2. The Kier molecular flexibility index (Phi) is 4.95. The highest BCUT2D eigenvalue weighted by Gasteiger charge is 2.25. The van der Waals surface area contributed by atoms with Crippen LogP contribution in [0.1, 0.15) is 20.8 Å². The predicted octanol–water partition coefficient (Wildman–Crippen LogP) is 0.532. The Hall–Kier alpha value is -2.25. The maximum Gasteiger partial charge on any atom is 0.408 e. The quantitative estimate of drug-likeness (QED) is 0.781. The Morgan fingerprint density at radius 3 is 2.60 bits per heavy atom. The minimum absolute atomic E-state index is 0.100. The van der Waals surface area contributed by atoms with Crippen molar-refractivity contribution < 1.29 is 19.1 Å². The first-order chi connectivity index (χ1) is 9.21. The van der Waals surface area contributed by atoms with Crippen molar-refractivity contribution in [2.75, 3.05) is 12.8 Å². The summed E-state index contributed by atoms with van der Waals surface area (Å²) in [5, 5.41) is 6.39. The van der Waals surface area contributed by atoms with Crippen LogP contribution in [0, 0.1) is 0 Å². The SMILES string of the molecule is COC(=O)[C@H](Cn1cc(N)cn1)NC(=O)OC(C)(C)C. The number of aromatic nitrogens is 2. The van der Waals surface area contributed by atoms with Gasteiger partial charge in [0.1, 0.15) is 11.6 Å². The van der Waals surface area contributed by atoms with Crippen molar-refractivity contribution >= 4 is 17.7 Å². The van der Waals surface area contributed by atoms with Gasteiger partial charge in [0.2, 0.25) is 0 Å². The third-order valence-electron chi connectivity index (χ3n) is 2.20. The molecule has 20 heavy (non-hydrogen) atoms. The van der Waals surface area contributed by atoms with Crippen molar-refractivity contribution in [2.45, 2.75) is 39.0 Å². The molecule has 0 aliphatic rings. The van der Waals surface area contributed by atoms with E-state index in [-0.39, 0.29) is 6.54 Å². The molecule has 0 fully saturated rings. The van der Waals surface area contributed by atoms with E-state index in [0.29, 0.717) is 5.69 Å². The average molecular weight is 284 g/mol. The minimum atomic E-state index is -0.908. The largest absolute Gasteiger partial charge is 0.467 e. The van der Waals surface area contributed by atoms with Crippen LogP contribution >= 0.6 is 0 Å². The maximum atomic E-state index is 11.7. The number of rotatable bonds is 4. The van der Waals surface area contributed by atoms with E-state index in [2.05, 4.69) is 15.2 Å². The van der Waals surface area contributed by atoms with Crippen LogP contribution in [-0.4, -0.2) is 40.6 Å². The topological polar surface area (TPSA) is 108 Å². The summed E-state index contributed by atoms with van der Waals surface area (Å²) in [5.41, 5.74) is 5.35. The summed E-state index contributed by atoms with van der Waals surface area (Å²) in [5.74, 6) is -0.593. The van der Waals surface area contributed by atoms with E-state index < -0.39 is 23.7 Å². The Balaban J connectivity index is 2.70. The fourth-order valence-corrected chi connectivity index (χ4v) is 1.44. The number of nitrogens with two attached hydrogens (primary N) is 1. The molecule has 0 radical (unpaired) electrons. The monoisotopic (exact) mass is 284 g/mol. The number of carbonyl (C=O) groups excluding carboxylic acids is 2. The summed E-state index contributed by atoms with van der Waals surface area (Å²) in [4.78, 5) is 23.3. The molecule has 112 valence electrons. The Morgan fingerprint density at radius 1 is 1.50 bits per heavy atom. The van der Waals surface area contributed by atoms with Gasteiger partial charge < -0.3 is 20.5 Å². The van der Waals surface area contributed by atoms with Gasteiger partial charge >= 0.3 is 12.1 Å². The number of esters is 1. The van der Waals surface area contributed by atoms with E-state index >= 15 is 0 Å². The molecule has 0 unspecified atom stereocenters. The van der Waals surface area contributed by atoms with Gasteiger partial charge in [0.25, 0.3) is 0 Å². The fourth-order valence-electron chi connectivity index (χ4n) is 1.44. The molecule has 0 bridgehead atoms. The highest BCUT2D eigenvalue weighted by Crippen LogP contribution is 2.07. The second-order valence-electron chi connectivity index (χ2n) is 5.22. The summed E-state index contributed by atoms with van der Waals surface area (Å²) < 4.78 is 11.2. The molecule has 1 atom stereocenters. The van der Waals surface area contributed by atoms with Gasteiger partial charge in [-0.3, -0.25) is 4.68 Å². The van der Waals surface area contributed by atoms with Crippen molar-refractivity contribution in [2.24, 2.45) is 0 Å². The number of nitrogen functional groups attached to an aromatic ring is 1. The van der Waals surface area contributed by atoms with E-state index in [1.165, 1.54) is 18.0 Å². The lowest BCUT2D eigenvalue weighted by molar-refractivity contribution is -0.143. The smallest absolute Gasteiger partial charge is 0.408 e. The van der Waals surface area contributed by atoms with E-state index in [1.54, 1.807) is 27.0 Å². The first kappa shape index (κ1) is 15.8. The molecule has 0 aliphatic carbocycles. The number of amides is 1. The van der Waals surface area contributed by atoms with E-state index in [4.69, 9.17) is 10.5 Å². The number of hydrogen-bond donors (Lipinski definition) is 2. The van der Waals surface area contributed by atoms with Gasteiger partial charge in [-0.25, -0.2) is 9.59 Å². The van der Waals surface area contributed by atoms with Gasteiger partial charge in [-0.15, -0.1) is 0 Å². The Labute approximate surface area is 117 Å². The number of methoxy groups -OCH3 is 1. The van der Waals surface area contributed by atoms with Crippen LogP contribution in [0.4, 0.5) is 10.5 Å². The van der Waals surface area contributed by atoms with Crippen LogP contribution in [-0.2, 0) is 20.8 Å². The van der Waals surface area contributed by atoms with Gasteiger partial charge in [0.05, 0.1) is 25.5 Å². The molecule has 1 rings (SSSR count). The lowest BCUT2D eigenvalue weighted by Gasteiger charge is -2.22. The third kappa shape index (κ3) is 5.17. The second-order valence-corrected chi connectivity index (χ2v) is 5.22. The molecule has 1 amide bonds. The zero-order valence-electron chi connectivity index (χ0n) is 12.0. The molecule has 1 aromatic heterocycles. The molecule has 0 spiro atoms. The molecule has 0 aromatic carbocycles. The van der Waals surface area contributed by atoms with Crippen LogP contribution in [0.25, 0.3) is 0 Å². The summed E-state index contributed by atoms with van der Waals surface area (Å²) in [6.45, 7) is 5.29. The summed E-state index contributed by atoms with van der Waals surface area (Å²) in [6, 6.07) is -0.908. The minimum Gasteiger partial charge on any atom is -0.467 e. The van der Waals surface area contributed by atoms with Crippen LogP contribution in [0.2, 0.25) is 0 Å². The molecule has 3 N–H and O–H groups in total. The molecule has 0 saturated carbocycles. The number of anilines is 1. The number of nitrogens with zero attached hydrogens (tertiary/aromatic N) is 2. The fraction of sp³-hybridized carbons (Fsp3) is 0.583.